The SMILES string of the molecule is Cn1c(C(=O)NC2(C(=O)O)CCSC2)c(Cl)c2ccccc21. The van der Waals surface area contributed by atoms with Crippen LogP contribution in [0.25, 0.3) is 10.9 Å². The lowest BCUT2D eigenvalue weighted by Crippen LogP contribution is -2.55. The Hall–Kier alpha value is -1.66. The van der Waals surface area contributed by atoms with Gasteiger partial charge in [-0.1, -0.05) is 29.8 Å². The van der Waals surface area contributed by atoms with Crippen molar-refractivity contribution in [1.82, 2.24) is 9.88 Å². The zero-order valence-electron chi connectivity index (χ0n) is 11.9. The van der Waals surface area contributed by atoms with E-state index in [1.807, 2.05) is 24.3 Å². The molecular formula is C15H15ClN2O3S. The van der Waals surface area contributed by atoms with E-state index < -0.39 is 17.4 Å². The number of carboxylic acid groups (broad SMARTS) is 1. The highest BCUT2D eigenvalue weighted by molar-refractivity contribution is 7.99. The minimum atomic E-state index is -1.21. The Balaban J connectivity index is 2.01. The molecule has 1 atom stereocenters. The van der Waals surface area contributed by atoms with Crippen LogP contribution in [0.15, 0.2) is 24.3 Å². The summed E-state index contributed by atoms with van der Waals surface area (Å²) in [5, 5.41) is 13.3. The summed E-state index contributed by atoms with van der Waals surface area (Å²) in [4.78, 5) is 24.2. The van der Waals surface area contributed by atoms with Gasteiger partial charge < -0.3 is 15.0 Å². The quantitative estimate of drug-likeness (QED) is 0.902. The van der Waals surface area contributed by atoms with Crippen molar-refractivity contribution < 1.29 is 14.7 Å². The third-order valence-electron chi connectivity index (χ3n) is 4.04. The molecule has 22 heavy (non-hydrogen) atoms. The number of amides is 1. The summed E-state index contributed by atoms with van der Waals surface area (Å²) in [5.41, 5.74) is -0.0788. The molecule has 5 nitrogen and oxygen atoms in total. The molecule has 1 aliphatic heterocycles. The fraction of sp³-hybridized carbons (Fsp3) is 0.333. The van der Waals surface area contributed by atoms with Crippen LogP contribution in [0.3, 0.4) is 0 Å². The molecule has 1 unspecified atom stereocenters. The van der Waals surface area contributed by atoms with Crippen molar-refractivity contribution in [3.8, 4) is 0 Å². The van der Waals surface area contributed by atoms with Crippen LogP contribution in [0.1, 0.15) is 16.9 Å². The van der Waals surface area contributed by atoms with Crippen molar-refractivity contribution in [1.29, 1.82) is 0 Å². The largest absolute Gasteiger partial charge is 0.479 e. The average Bonchev–Trinajstić information content (AvgIpc) is 3.05. The molecule has 1 aromatic carbocycles. The van der Waals surface area contributed by atoms with Gasteiger partial charge in [0.15, 0.2) is 0 Å². The molecule has 2 aromatic rings. The van der Waals surface area contributed by atoms with Gasteiger partial charge in [-0.3, -0.25) is 4.79 Å². The first-order valence-electron chi connectivity index (χ1n) is 6.83. The topological polar surface area (TPSA) is 71.3 Å². The van der Waals surface area contributed by atoms with Crippen molar-refractivity contribution in [2.75, 3.05) is 11.5 Å². The summed E-state index contributed by atoms with van der Waals surface area (Å²) in [6, 6.07) is 7.43. The van der Waals surface area contributed by atoms with Gasteiger partial charge in [-0.15, -0.1) is 0 Å². The van der Waals surface area contributed by atoms with Crippen LogP contribution in [0.2, 0.25) is 5.02 Å². The zero-order chi connectivity index (χ0) is 15.9. The lowest BCUT2D eigenvalue weighted by Gasteiger charge is -2.24. The zero-order valence-corrected chi connectivity index (χ0v) is 13.5. The highest BCUT2D eigenvalue weighted by Gasteiger charge is 2.44. The second-order valence-corrected chi connectivity index (χ2v) is 6.87. The summed E-state index contributed by atoms with van der Waals surface area (Å²) in [6.07, 6.45) is 0.417. The minimum absolute atomic E-state index is 0.292. The lowest BCUT2D eigenvalue weighted by atomic mass is 9.99. The number of benzene rings is 1. The molecule has 116 valence electrons. The second kappa shape index (κ2) is 5.52. The van der Waals surface area contributed by atoms with Crippen LogP contribution in [-0.4, -0.2) is 38.6 Å². The number of nitrogens with one attached hydrogen (secondary N) is 1. The van der Waals surface area contributed by atoms with Gasteiger partial charge in [0.05, 0.1) is 5.02 Å². The highest BCUT2D eigenvalue weighted by Crippen LogP contribution is 2.32. The van der Waals surface area contributed by atoms with E-state index >= 15 is 0 Å². The lowest BCUT2D eigenvalue weighted by molar-refractivity contribution is -0.143. The molecule has 0 radical (unpaired) electrons. The van der Waals surface area contributed by atoms with E-state index in [2.05, 4.69) is 5.32 Å². The maximum atomic E-state index is 12.6. The molecule has 0 aliphatic carbocycles. The molecule has 2 N–H and O–H groups in total. The van der Waals surface area contributed by atoms with Crippen LogP contribution in [0, 0.1) is 0 Å². The summed E-state index contributed by atoms with van der Waals surface area (Å²) < 4.78 is 1.70. The number of rotatable bonds is 3. The van der Waals surface area contributed by atoms with Gasteiger partial charge >= 0.3 is 5.97 Å². The first-order chi connectivity index (χ1) is 10.5. The summed E-state index contributed by atoms with van der Waals surface area (Å²) in [6.45, 7) is 0. The third-order valence-corrected chi connectivity index (χ3v) is 5.62. The van der Waals surface area contributed by atoms with Crippen LogP contribution >= 0.6 is 23.4 Å². The van der Waals surface area contributed by atoms with Crippen molar-refractivity contribution in [3.63, 3.8) is 0 Å². The first-order valence-corrected chi connectivity index (χ1v) is 8.36. The molecule has 2 heterocycles. The predicted molar refractivity (Wildman–Crippen MR) is 87.7 cm³/mol. The summed E-state index contributed by atoms with van der Waals surface area (Å²) >= 11 is 7.86. The number of carbonyl (C=O) groups excluding carboxylic acids is 1. The summed E-state index contributed by atoms with van der Waals surface area (Å²) in [7, 11) is 1.75. The van der Waals surface area contributed by atoms with E-state index in [-0.39, 0.29) is 0 Å². The van der Waals surface area contributed by atoms with Gasteiger partial charge in [0, 0.05) is 23.7 Å². The number of hydrogen-bond donors (Lipinski definition) is 2. The third kappa shape index (κ3) is 2.27. The van der Waals surface area contributed by atoms with Gasteiger partial charge in [0.25, 0.3) is 5.91 Å². The Bertz CT molecular complexity index is 726. The van der Waals surface area contributed by atoms with Gasteiger partial charge in [-0.25, -0.2) is 4.79 Å². The molecule has 3 rings (SSSR count). The first kappa shape index (κ1) is 15.2. The standard InChI is InChI=1S/C15H15ClN2O3S/c1-18-10-5-3-2-4-9(10)11(16)12(18)13(19)17-15(14(20)21)6-7-22-8-15/h2-5H,6-8H2,1H3,(H,17,19)(H,20,21). The fourth-order valence-electron chi connectivity index (χ4n) is 2.76. The molecule has 1 aromatic heterocycles. The number of fused-ring (bicyclic) bond motifs is 1. The van der Waals surface area contributed by atoms with Gasteiger partial charge in [0.2, 0.25) is 0 Å². The molecule has 1 fully saturated rings. The maximum Gasteiger partial charge on any atom is 0.330 e. The number of carbonyl (C=O) groups is 2. The number of halogens is 1. The Kier molecular flexibility index (Phi) is 3.82. The number of carboxylic acids is 1. The number of aromatic nitrogens is 1. The molecule has 1 amide bonds. The molecule has 1 aliphatic rings. The molecule has 0 spiro atoms. The normalized spacial score (nSPS) is 21.2. The molecule has 0 bridgehead atoms. The van der Waals surface area contributed by atoms with Gasteiger partial charge in [0.1, 0.15) is 11.2 Å². The maximum absolute atomic E-state index is 12.6. The average molecular weight is 339 g/mol. The Morgan fingerprint density at radius 1 is 1.41 bits per heavy atom. The summed E-state index contributed by atoms with van der Waals surface area (Å²) in [5.74, 6) is -0.361. The number of aryl methyl sites for hydroxylation is 1. The highest BCUT2D eigenvalue weighted by atomic mass is 35.5. The second-order valence-electron chi connectivity index (χ2n) is 5.38. The van der Waals surface area contributed by atoms with Crippen LogP contribution in [0.5, 0.6) is 0 Å². The fourth-order valence-corrected chi connectivity index (χ4v) is 4.46. The minimum Gasteiger partial charge on any atom is -0.479 e. The van der Waals surface area contributed by atoms with E-state index in [9.17, 15) is 14.7 Å². The monoisotopic (exact) mass is 338 g/mol. The predicted octanol–water partition coefficient (Wildman–Crippen LogP) is 2.52. The molecular weight excluding hydrogens is 324 g/mol. The van der Waals surface area contributed by atoms with Crippen molar-refractivity contribution in [3.05, 3.63) is 35.0 Å². The van der Waals surface area contributed by atoms with Crippen LogP contribution in [-0.2, 0) is 11.8 Å². The van der Waals surface area contributed by atoms with Gasteiger partial charge in [-0.2, -0.15) is 11.8 Å². The number of nitrogens with zero attached hydrogens (tertiary/aromatic N) is 1. The van der Waals surface area contributed by atoms with E-state index in [1.54, 1.807) is 11.6 Å². The van der Waals surface area contributed by atoms with E-state index in [0.717, 1.165) is 16.7 Å². The molecule has 7 heteroatoms. The van der Waals surface area contributed by atoms with Crippen LogP contribution < -0.4 is 5.32 Å². The number of para-hydroxylation sites is 1. The van der Waals surface area contributed by atoms with E-state index in [1.165, 1.54) is 11.8 Å². The molecule has 0 saturated carbocycles. The Morgan fingerprint density at radius 3 is 2.73 bits per heavy atom. The van der Waals surface area contributed by atoms with E-state index in [4.69, 9.17) is 11.6 Å². The van der Waals surface area contributed by atoms with Crippen molar-refractivity contribution >= 4 is 46.1 Å². The van der Waals surface area contributed by atoms with Crippen molar-refractivity contribution in [2.45, 2.75) is 12.0 Å². The van der Waals surface area contributed by atoms with Gasteiger partial charge in [-0.05, 0) is 18.2 Å². The van der Waals surface area contributed by atoms with E-state index in [0.29, 0.717) is 22.9 Å². The Morgan fingerprint density at radius 2 is 2.14 bits per heavy atom. The Labute approximate surface area is 136 Å². The molecule has 1 saturated heterocycles. The van der Waals surface area contributed by atoms with Crippen LogP contribution in [0.4, 0.5) is 0 Å². The number of hydrogen-bond acceptors (Lipinski definition) is 3. The van der Waals surface area contributed by atoms with Crippen molar-refractivity contribution in [2.24, 2.45) is 7.05 Å². The number of thioether (sulfide) groups is 1. The smallest absolute Gasteiger partial charge is 0.330 e. The number of aliphatic carboxylic acids is 1.